The average Bonchev–Trinajstić information content (AvgIpc) is 3.74. The molecule has 0 radical (unpaired) electrons. The molecule has 8 heteroatoms. The van der Waals surface area contributed by atoms with Crippen molar-refractivity contribution in [2.24, 2.45) is 16.8 Å². The third kappa shape index (κ3) is 4.07. The van der Waals surface area contributed by atoms with E-state index in [0.717, 1.165) is 46.1 Å². The van der Waals surface area contributed by atoms with Gasteiger partial charge < -0.3 is 15.8 Å². The molecule has 0 amide bonds. The Labute approximate surface area is 209 Å². The minimum Gasteiger partial charge on any atom is -0.389 e. The summed E-state index contributed by atoms with van der Waals surface area (Å²) in [6, 6.07) is 21.7. The van der Waals surface area contributed by atoms with Crippen LogP contribution in [0.5, 0.6) is 0 Å². The van der Waals surface area contributed by atoms with E-state index in [0.29, 0.717) is 42.0 Å². The summed E-state index contributed by atoms with van der Waals surface area (Å²) in [5.41, 5.74) is 11.8. The van der Waals surface area contributed by atoms with Crippen molar-refractivity contribution in [1.82, 2.24) is 20.1 Å². The fraction of sp³-hybridized carbons (Fsp3) is 0.321. The van der Waals surface area contributed by atoms with Gasteiger partial charge in [-0.15, -0.1) is 5.10 Å². The van der Waals surface area contributed by atoms with Gasteiger partial charge in [-0.2, -0.15) is 5.17 Å². The van der Waals surface area contributed by atoms with E-state index in [9.17, 15) is 10.3 Å². The lowest BCUT2D eigenvalue weighted by Crippen LogP contribution is -2.60. The van der Waals surface area contributed by atoms with Gasteiger partial charge in [-0.05, 0) is 56.2 Å². The number of hydrogen-bond donors (Lipinski definition) is 4. The summed E-state index contributed by atoms with van der Waals surface area (Å²) >= 11 is 0. The summed E-state index contributed by atoms with van der Waals surface area (Å²) in [6.45, 7) is 2.17. The number of H-pyrrole nitrogens is 1. The van der Waals surface area contributed by atoms with E-state index in [-0.39, 0.29) is 0 Å². The normalized spacial score (nSPS) is 24.1. The van der Waals surface area contributed by atoms with Gasteiger partial charge >= 0.3 is 0 Å². The highest BCUT2D eigenvalue weighted by Crippen LogP contribution is 2.57. The molecule has 6 rings (SSSR count). The van der Waals surface area contributed by atoms with Crippen LogP contribution in [0.1, 0.15) is 38.2 Å². The third-order valence-corrected chi connectivity index (χ3v) is 7.44. The Morgan fingerprint density at radius 3 is 2.31 bits per heavy atom. The number of hydrogen-bond acceptors (Lipinski definition) is 7. The molecule has 0 aliphatic heterocycles. The number of fused-ring (bicyclic) bond motifs is 1. The van der Waals surface area contributed by atoms with Gasteiger partial charge in [0.2, 0.25) is 0 Å². The van der Waals surface area contributed by atoms with Gasteiger partial charge in [0.05, 0.1) is 23.5 Å². The van der Waals surface area contributed by atoms with Gasteiger partial charge in [0.1, 0.15) is 5.52 Å². The summed E-state index contributed by atoms with van der Waals surface area (Å²) in [7, 11) is 0. The maximum absolute atomic E-state index is 10.8. The molecular formula is C28H30N6O2. The molecule has 2 heterocycles. The highest BCUT2D eigenvalue weighted by molar-refractivity contribution is 5.84. The first-order valence-electron chi connectivity index (χ1n) is 12.5. The zero-order chi connectivity index (χ0) is 24.9. The Balaban J connectivity index is 1.40. The van der Waals surface area contributed by atoms with Crippen molar-refractivity contribution in [2.75, 3.05) is 6.54 Å². The number of nitrogens with zero attached hydrogens (tertiary/aromatic N) is 4. The number of rotatable bonds is 6. The van der Waals surface area contributed by atoms with E-state index in [1.807, 2.05) is 48.5 Å². The average molecular weight is 483 g/mol. The molecular weight excluding hydrogens is 452 g/mol. The first-order valence-corrected chi connectivity index (χ1v) is 12.5. The monoisotopic (exact) mass is 482 g/mol. The van der Waals surface area contributed by atoms with Gasteiger partial charge in [-0.25, -0.2) is 9.97 Å². The predicted molar refractivity (Wildman–Crippen MR) is 137 cm³/mol. The van der Waals surface area contributed by atoms with Crippen molar-refractivity contribution < 1.29 is 10.3 Å². The maximum Gasteiger partial charge on any atom is 0.158 e. The van der Waals surface area contributed by atoms with Crippen LogP contribution in [-0.2, 0) is 5.54 Å². The van der Waals surface area contributed by atoms with Crippen LogP contribution in [0.3, 0.4) is 0 Å². The summed E-state index contributed by atoms with van der Waals surface area (Å²) in [4.78, 5) is 13.0. The summed E-state index contributed by atoms with van der Waals surface area (Å²) < 4.78 is 0. The van der Waals surface area contributed by atoms with Crippen LogP contribution in [0.4, 0.5) is 0 Å². The van der Waals surface area contributed by atoms with Crippen LogP contribution in [0, 0.1) is 5.92 Å². The van der Waals surface area contributed by atoms with E-state index in [1.165, 1.54) is 0 Å². The Bertz CT molecular complexity index is 1470. The number of pyridine rings is 1. The van der Waals surface area contributed by atoms with Crippen molar-refractivity contribution in [2.45, 2.75) is 43.7 Å². The van der Waals surface area contributed by atoms with E-state index in [1.54, 1.807) is 13.0 Å². The molecule has 4 aromatic rings. The summed E-state index contributed by atoms with van der Waals surface area (Å²) in [5.74, 6) is 0.419. The second-order valence-electron chi connectivity index (χ2n) is 10.1. The SMILES string of the molecule is CCN(O)/N=c1/ccc2nc(-c3ccc([C@]4(N)C[C@@](O)(C5CC5)C4)cc3)c(-c3ccccc3)nc2[nH]1. The molecule has 2 fully saturated rings. The van der Waals surface area contributed by atoms with Gasteiger partial charge in [-0.3, -0.25) is 5.21 Å². The van der Waals surface area contributed by atoms with Crippen LogP contribution in [0.2, 0.25) is 0 Å². The number of nitrogens with one attached hydrogen (secondary N) is 1. The van der Waals surface area contributed by atoms with Crippen LogP contribution < -0.4 is 11.2 Å². The lowest BCUT2D eigenvalue weighted by molar-refractivity contribution is -0.106. The minimum atomic E-state index is -0.594. The van der Waals surface area contributed by atoms with Crippen molar-refractivity contribution in [3.05, 3.63) is 77.8 Å². The van der Waals surface area contributed by atoms with E-state index in [2.05, 4.69) is 22.2 Å². The lowest BCUT2D eigenvalue weighted by Gasteiger charge is -2.52. The second-order valence-corrected chi connectivity index (χ2v) is 10.1. The minimum absolute atomic E-state index is 0.367. The van der Waals surface area contributed by atoms with Crippen LogP contribution >= 0.6 is 0 Å². The molecule has 2 aromatic carbocycles. The fourth-order valence-corrected chi connectivity index (χ4v) is 5.34. The highest BCUT2D eigenvalue weighted by Gasteiger charge is 2.58. The number of aromatic amines is 1. The summed E-state index contributed by atoms with van der Waals surface area (Å²) in [6.07, 6.45) is 3.44. The highest BCUT2D eigenvalue weighted by atomic mass is 16.5. The first-order chi connectivity index (χ1) is 17.4. The zero-order valence-electron chi connectivity index (χ0n) is 20.2. The fourth-order valence-electron chi connectivity index (χ4n) is 5.34. The Morgan fingerprint density at radius 2 is 1.64 bits per heavy atom. The smallest absolute Gasteiger partial charge is 0.158 e. The van der Waals surface area contributed by atoms with Crippen molar-refractivity contribution >= 4 is 11.2 Å². The Hall–Kier alpha value is -3.59. The molecule has 0 spiro atoms. The number of benzene rings is 2. The molecule has 2 saturated carbocycles. The van der Waals surface area contributed by atoms with E-state index >= 15 is 0 Å². The Kier molecular flexibility index (Phi) is 5.40. The molecule has 8 nitrogen and oxygen atoms in total. The Morgan fingerprint density at radius 1 is 0.972 bits per heavy atom. The third-order valence-electron chi connectivity index (χ3n) is 7.44. The number of aliphatic hydroxyl groups is 1. The molecule has 2 aliphatic carbocycles. The van der Waals surface area contributed by atoms with Gasteiger partial charge in [0, 0.05) is 16.7 Å². The molecule has 184 valence electrons. The molecule has 0 atom stereocenters. The second kappa shape index (κ2) is 8.51. The predicted octanol–water partition coefficient (Wildman–Crippen LogP) is 3.91. The van der Waals surface area contributed by atoms with Gasteiger partial charge in [0.15, 0.2) is 11.1 Å². The maximum atomic E-state index is 10.8. The largest absolute Gasteiger partial charge is 0.389 e. The number of nitrogens with two attached hydrogens (primary N) is 1. The molecule has 2 aliphatic rings. The zero-order valence-corrected chi connectivity index (χ0v) is 20.2. The molecule has 5 N–H and O–H groups in total. The summed E-state index contributed by atoms with van der Waals surface area (Å²) in [5, 5.41) is 25.5. The van der Waals surface area contributed by atoms with Crippen molar-refractivity contribution in [1.29, 1.82) is 0 Å². The lowest BCUT2D eigenvalue weighted by atomic mass is 9.60. The van der Waals surface area contributed by atoms with E-state index in [4.69, 9.17) is 15.7 Å². The molecule has 0 unspecified atom stereocenters. The standard InChI is InChI=1S/C28H30N6O2/c1-2-34(36)33-23-15-14-22-26(31-23)32-25(18-6-4-3-5-7-18)24(30-22)19-8-10-20(11-9-19)27(29)16-28(35,17-27)21-12-13-21/h3-11,14-15,21,35-36H,2,12-13,16-17,29H2,1H3,(H,31,32,33)/t27-,28-. The quantitative estimate of drug-likeness (QED) is 0.309. The van der Waals surface area contributed by atoms with Crippen molar-refractivity contribution in [3.8, 4) is 22.5 Å². The molecule has 0 saturated heterocycles. The molecule has 0 bridgehead atoms. The number of aromatic nitrogens is 3. The number of hydroxylamine groups is 1. The van der Waals surface area contributed by atoms with Crippen molar-refractivity contribution in [3.63, 3.8) is 0 Å². The van der Waals surface area contributed by atoms with Crippen LogP contribution in [-0.4, -0.2) is 42.6 Å². The molecule has 2 aromatic heterocycles. The molecule has 36 heavy (non-hydrogen) atoms. The van der Waals surface area contributed by atoms with Gasteiger partial charge in [0.25, 0.3) is 0 Å². The van der Waals surface area contributed by atoms with E-state index < -0.39 is 11.1 Å². The van der Waals surface area contributed by atoms with Gasteiger partial charge in [-0.1, -0.05) is 54.6 Å². The first kappa shape index (κ1) is 22.8. The van der Waals surface area contributed by atoms with Crippen LogP contribution in [0.25, 0.3) is 33.7 Å². The van der Waals surface area contributed by atoms with Crippen LogP contribution in [0.15, 0.2) is 71.8 Å². The topological polar surface area (TPSA) is 124 Å².